The second-order valence-electron chi connectivity index (χ2n) is 6.72. The van der Waals surface area contributed by atoms with E-state index in [0.717, 1.165) is 43.9 Å². The van der Waals surface area contributed by atoms with Crippen molar-refractivity contribution in [3.8, 4) is 11.9 Å². The van der Waals surface area contributed by atoms with Crippen molar-refractivity contribution in [3.05, 3.63) is 42.0 Å². The average molecular weight is 353 g/mol. The molecule has 1 aliphatic heterocycles. The summed E-state index contributed by atoms with van der Waals surface area (Å²) in [6.07, 6.45) is 4.81. The van der Waals surface area contributed by atoms with Gasteiger partial charge in [0.25, 0.3) is 0 Å². The number of benzene rings is 1. The summed E-state index contributed by atoms with van der Waals surface area (Å²) in [4.78, 5) is 13.1. The Morgan fingerprint density at radius 1 is 1.23 bits per heavy atom. The molecule has 4 rings (SSSR count). The molecular formula is C19H20FN5O. The van der Waals surface area contributed by atoms with Crippen LogP contribution in [0.1, 0.15) is 24.8 Å². The van der Waals surface area contributed by atoms with Crippen LogP contribution < -0.4 is 14.5 Å². The predicted octanol–water partition coefficient (Wildman–Crippen LogP) is 2.74. The van der Waals surface area contributed by atoms with Crippen molar-refractivity contribution in [1.29, 1.82) is 5.26 Å². The average Bonchev–Trinajstić information content (AvgIpc) is 3.38. The lowest BCUT2D eigenvalue weighted by atomic mass is 10.1. The van der Waals surface area contributed by atoms with Gasteiger partial charge in [0.15, 0.2) is 0 Å². The fourth-order valence-corrected chi connectivity index (χ4v) is 3.67. The van der Waals surface area contributed by atoms with Gasteiger partial charge in [0.05, 0.1) is 18.4 Å². The van der Waals surface area contributed by atoms with Gasteiger partial charge in [0, 0.05) is 31.2 Å². The number of rotatable bonds is 5. The Bertz CT molecular complexity index is 848. The van der Waals surface area contributed by atoms with Gasteiger partial charge in [-0.25, -0.2) is 14.4 Å². The Morgan fingerprint density at radius 3 is 2.81 bits per heavy atom. The molecule has 7 heteroatoms. The monoisotopic (exact) mass is 353 g/mol. The van der Waals surface area contributed by atoms with Crippen LogP contribution in [0.3, 0.4) is 0 Å². The summed E-state index contributed by atoms with van der Waals surface area (Å²) in [7, 11) is 1.60. The van der Waals surface area contributed by atoms with E-state index in [1.807, 2.05) is 6.07 Å². The molecule has 1 aromatic heterocycles. The van der Waals surface area contributed by atoms with Gasteiger partial charge in [0.2, 0.25) is 5.88 Å². The Hall–Kier alpha value is -2.88. The second-order valence-corrected chi connectivity index (χ2v) is 6.72. The quantitative estimate of drug-likeness (QED) is 0.823. The van der Waals surface area contributed by atoms with Crippen molar-refractivity contribution in [2.45, 2.75) is 31.3 Å². The minimum absolute atomic E-state index is 0.290. The highest BCUT2D eigenvalue weighted by Crippen LogP contribution is 2.37. The Balaban J connectivity index is 1.58. The normalized spacial score (nSPS) is 19.3. The number of halogens is 1. The molecule has 134 valence electrons. The SMILES string of the molecule is COc1cc(N(C2CC2)C2CCN(c3ccc(F)cc3C#N)C2)ncn1. The molecule has 1 atom stereocenters. The van der Waals surface area contributed by atoms with Crippen LogP contribution in [0.15, 0.2) is 30.6 Å². The number of aromatic nitrogens is 2. The lowest BCUT2D eigenvalue weighted by Crippen LogP contribution is -2.40. The lowest BCUT2D eigenvalue weighted by Gasteiger charge is -2.30. The van der Waals surface area contributed by atoms with E-state index in [-0.39, 0.29) is 5.82 Å². The second kappa shape index (κ2) is 6.79. The van der Waals surface area contributed by atoms with Crippen LogP contribution in [-0.4, -0.2) is 42.3 Å². The van der Waals surface area contributed by atoms with Crippen LogP contribution >= 0.6 is 0 Å². The molecule has 2 fully saturated rings. The molecule has 2 aromatic rings. The first-order valence-corrected chi connectivity index (χ1v) is 8.78. The zero-order valence-corrected chi connectivity index (χ0v) is 14.6. The maximum Gasteiger partial charge on any atom is 0.218 e. The van der Waals surface area contributed by atoms with Gasteiger partial charge in [-0.2, -0.15) is 5.26 Å². The van der Waals surface area contributed by atoms with Crippen molar-refractivity contribution in [2.75, 3.05) is 30.0 Å². The van der Waals surface area contributed by atoms with Gasteiger partial charge in [-0.05, 0) is 37.5 Å². The smallest absolute Gasteiger partial charge is 0.218 e. The molecule has 1 aromatic carbocycles. The fraction of sp³-hybridized carbons (Fsp3) is 0.421. The van der Waals surface area contributed by atoms with Gasteiger partial charge in [0.1, 0.15) is 24.0 Å². The number of anilines is 2. The van der Waals surface area contributed by atoms with Crippen LogP contribution in [-0.2, 0) is 0 Å². The minimum Gasteiger partial charge on any atom is -0.481 e. The first-order chi connectivity index (χ1) is 12.7. The van der Waals surface area contributed by atoms with Crippen molar-refractivity contribution in [3.63, 3.8) is 0 Å². The highest BCUT2D eigenvalue weighted by atomic mass is 19.1. The molecule has 1 saturated carbocycles. The van der Waals surface area contributed by atoms with Crippen LogP contribution in [0.25, 0.3) is 0 Å². The number of nitriles is 1. The topological polar surface area (TPSA) is 65.3 Å². The number of ether oxygens (including phenoxy) is 1. The third-order valence-electron chi connectivity index (χ3n) is 5.02. The van der Waals surface area contributed by atoms with Gasteiger partial charge < -0.3 is 14.5 Å². The summed E-state index contributed by atoms with van der Waals surface area (Å²) in [6.45, 7) is 1.61. The van der Waals surface area contributed by atoms with Crippen molar-refractivity contribution in [2.24, 2.45) is 0 Å². The molecule has 1 saturated heterocycles. The first-order valence-electron chi connectivity index (χ1n) is 8.78. The van der Waals surface area contributed by atoms with E-state index in [2.05, 4.69) is 25.8 Å². The van der Waals surface area contributed by atoms with E-state index in [4.69, 9.17) is 4.74 Å². The number of hydrogen-bond acceptors (Lipinski definition) is 6. The van der Waals surface area contributed by atoms with Crippen LogP contribution in [0, 0.1) is 17.1 Å². The van der Waals surface area contributed by atoms with Gasteiger partial charge in [-0.1, -0.05) is 0 Å². The molecule has 2 heterocycles. The zero-order valence-electron chi connectivity index (χ0n) is 14.6. The highest BCUT2D eigenvalue weighted by molar-refractivity contribution is 5.61. The molecule has 0 spiro atoms. The Kier molecular flexibility index (Phi) is 4.33. The summed E-state index contributed by atoms with van der Waals surface area (Å²) < 4.78 is 18.7. The standard InChI is InChI=1S/C19H20FN5O/c1-26-19-9-18(22-12-23-19)25(15-3-4-15)16-6-7-24(11-16)17-5-2-14(20)8-13(17)10-21/h2,5,8-9,12,15-16H,3-4,6-7,11H2,1H3. The number of methoxy groups -OCH3 is 1. The Labute approximate surface area is 151 Å². The van der Waals surface area contributed by atoms with Gasteiger partial charge >= 0.3 is 0 Å². The molecule has 0 radical (unpaired) electrons. The predicted molar refractivity (Wildman–Crippen MR) is 95.8 cm³/mol. The molecule has 0 amide bonds. The molecular weight excluding hydrogens is 333 g/mol. The zero-order chi connectivity index (χ0) is 18.1. The summed E-state index contributed by atoms with van der Waals surface area (Å²) >= 11 is 0. The van der Waals surface area contributed by atoms with E-state index in [1.165, 1.54) is 18.5 Å². The van der Waals surface area contributed by atoms with E-state index < -0.39 is 0 Å². The maximum absolute atomic E-state index is 13.4. The lowest BCUT2D eigenvalue weighted by molar-refractivity contribution is 0.396. The van der Waals surface area contributed by atoms with Crippen molar-refractivity contribution >= 4 is 11.5 Å². The van der Waals surface area contributed by atoms with Crippen molar-refractivity contribution in [1.82, 2.24) is 9.97 Å². The van der Waals surface area contributed by atoms with E-state index in [9.17, 15) is 9.65 Å². The van der Waals surface area contributed by atoms with Crippen LogP contribution in [0.4, 0.5) is 15.9 Å². The van der Waals surface area contributed by atoms with Crippen molar-refractivity contribution < 1.29 is 9.13 Å². The Morgan fingerprint density at radius 2 is 2.08 bits per heavy atom. The third-order valence-corrected chi connectivity index (χ3v) is 5.02. The summed E-state index contributed by atoms with van der Waals surface area (Å²) in [5.41, 5.74) is 1.18. The molecule has 0 bridgehead atoms. The van der Waals surface area contributed by atoms with E-state index in [1.54, 1.807) is 13.2 Å². The van der Waals surface area contributed by atoms with Crippen LogP contribution in [0.2, 0.25) is 0 Å². The fourth-order valence-electron chi connectivity index (χ4n) is 3.67. The molecule has 1 unspecified atom stereocenters. The van der Waals surface area contributed by atoms with Gasteiger partial charge in [-0.3, -0.25) is 0 Å². The highest BCUT2D eigenvalue weighted by Gasteiger charge is 2.38. The molecule has 2 aliphatic rings. The number of hydrogen-bond donors (Lipinski definition) is 0. The molecule has 1 aliphatic carbocycles. The van der Waals surface area contributed by atoms with E-state index in [0.29, 0.717) is 23.5 Å². The summed E-state index contributed by atoms with van der Waals surface area (Å²) in [5.74, 6) is 1.06. The first kappa shape index (κ1) is 16.6. The minimum atomic E-state index is -0.381. The summed E-state index contributed by atoms with van der Waals surface area (Å²) in [6, 6.07) is 9.18. The summed E-state index contributed by atoms with van der Waals surface area (Å²) in [5, 5.41) is 9.33. The number of nitrogens with zero attached hydrogens (tertiary/aromatic N) is 5. The molecule has 26 heavy (non-hydrogen) atoms. The molecule has 6 nitrogen and oxygen atoms in total. The van der Waals surface area contributed by atoms with Crippen LogP contribution in [0.5, 0.6) is 5.88 Å². The maximum atomic E-state index is 13.4. The van der Waals surface area contributed by atoms with Gasteiger partial charge in [-0.15, -0.1) is 0 Å². The largest absolute Gasteiger partial charge is 0.481 e. The van der Waals surface area contributed by atoms with E-state index >= 15 is 0 Å². The third kappa shape index (κ3) is 3.15. The molecule has 0 N–H and O–H groups in total.